The molecule has 0 bridgehead atoms. The van der Waals surface area contributed by atoms with E-state index in [9.17, 15) is 14.7 Å². The molecule has 1 aliphatic carbocycles. The number of aromatic carboxylic acids is 1. The summed E-state index contributed by atoms with van der Waals surface area (Å²) in [5.41, 5.74) is 2.87. The average Bonchev–Trinajstić information content (AvgIpc) is 3.79. The molecule has 230 valence electrons. The minimum Gasteiger partial charge on any atom is -0.478 e. The molecule has 45 heavy (non-hydrogen) atoms. The number of aromatic nitrogens is 3. The first-order valence-electron chi connectivity index (χ1n) is 14.5. The highest BCUT2D eigenvalue weighted by atomic mass is 19.1. The van der Waals surface area contributed by atoms with E-state index in [2.05, 4.69) is 15.3 Å². The van der Waals surface area contributed by atoms with Gasteiger partial charge in [-0.2, -0.15) is 0 Å². The summed E-state index contributed by atoms with van der Waals surface area (Å²) < 4.78 is 43.7. The fourth-order valence-corrected chi connectivity index (χ4v) is 5.01. The third-order valence-corrected chi connectivity index (χ3v) is 7.59. The predicted octanol–water partition coefficient (Wildman–Crippen LogP) is 5.78. The van der Waals surface area contributed by atoms with E-state index in [4.69, 9.17) is 9.47 Å². The van der Waals surface area contributed by atoms with E-state index in [1.165, 1.54) is 19.2 Å². The lowest BCUT2D eigenvalue weighted by Gasteiger charge is -2.12. The van der Waals surface area contributed by atoms with E-state index in [0.29, 0.717) is 35.6 Å². The molecule has 2 heterocycles. The van der Waals surface area contributed by atoms with Crippen LogP contribution in [0.2, 0.25) is 0 Å². The predicted molar refractivity (Wildman–Crippen MR) is 162 cm³/mol. The maximum Gasteiger partial charge on any atom is 0.335 e. The second kappa shape index (κ2) is 12.8. The van der Waals surface area contributed by atoms with Crippen molar-refractivity contribution in [3.63, 3.8) is 0 Å². The van der Waals surface area contributed by atoms with Crippen LogP contribution in [0.15, 0.2) is 72.8 Å². The molecule has 11 heteroatoms. The Bertz CT molecular complexity index is 1890. The number of halogens is 2. The van der Waals surface area contributed by atoms with E-state index in [0.717, 1.165) is 30.5 Å². The third kappa shape index (κ3) is 6.83. The van der Waals surface area contributed by atoms with E-state index in [1.807, 2.05) is 0 Å². The van der Waals surface area contributed by atoms with Crippen molar-refractivity contribution in [2.75, 3.05) is 13.7 Å². The van der Waals surface area contributed by atoms with Gasteiger partial charge in [0.05, 0.1) is 28.9 Å². The number of pyridine rings is 1. The van der Waals surface area contributed by atoms with Crippen molar-refractivity contribution in [2.45, 2.75) is 38.5 Å². The molecule has 0 saturated heterocycles. The summed E-state index contributed by atoms with van der Waals surface area (Å²) in [7, 11) is 1.54. The van der Waals surface area contributed by atoms with Crippen LogP contribution in [0, 0.1) is 11.6 Å². The number of ether oxygens (including phenoxy) is 2. The minimum absolute atomic E-state index is 0.0216. The van der Waals surface area contributed by atoms with Crippen LogP contribution in [-0.4, -0.2) is 51.3 Å². The van der Waals surface area contributed by atoms with Crippen LogP contribution in [0.25, 0.3) is 22.3 Å². The van der Waals surface area contributed by atoms with Crippen molar-refractivity contribution in [1.29, 1.82) is 0 Å². The van der Waals surface area contributed by atoms with Crippen LogP contribution < -0.4 is 10.1 Å². The fraction of sp³-hybridized carbons (Fsp3) is 0.235. The van der Waals surface area contributed by atoms with Gasteiger partial charge in [0.1, 0.15) is 24.1 Å². The number of hydrogen-bond acceptors (Lipinski definition) is 6. The van der Waals surface area contributed by atoms with E-state index >= 15 is 8.78 Å². The third-order valence-electron chi connectivity index (χ3n) is 7.59. The zero-order valence-electron chi connectivity index (χ0n) is 24.4. The van der Waals surface area contributed by atoms with Crippen molar-refractivity contribution < 1.29 is 33.0 Å². The zero-order valence-corrected chi connectivity index (χ0v) is 24.4. The number of imidazole rings is 1. The van der Waals surface area contributed by atoms with Gasteiger partial charge in [-0.3, -0.25) is 4.79 Å². The van der Waals surface area contributed by atoms with Gasteiger partial charge in [-0.25, -0.2) is 23.5 Å². The monoisotopic (exact) mass is 612 g/mol. The van der Waals surface area contributed by atoms with Gasteiger partial charge >= 0.3 is 5.97 Å². The van der Waals surface area contributed by atoms with Crippen molar-refractivity contribution in [3.8, 4) is 17.1 Å². The Labute approximate surface area is 257 Å². The Kier molecular flexibility index (Phi) is 8.52. The number of amides is 1. The number of carboxylic acids is 1. The lowest BCUT2D eigenvalue weighted by atomic mass is 10.0. The van der Waals surface area contributed by atoms with E-state index in [-0.39, 0.29) is 53.2 Å². The molecular weight excluding hydrogens is 582 g/mol. The molecule has 5 aromatic rings. The lowest BCUT2D eigenvalue weighted by Crippen LogP contribution is -2.25. The molecule has 1 amide bonds. The molecule has 0 unspecified atom stereocenters. The Morgan fingerprint density at radius 2 is 1.76 bits per heavy atom. The summed E-state index contributed by atoms with van der Waals surface area (Å²) in [5, 5.41) is 12.4. The first-order chi connectivity index (χ1) is 21.8. The van der Waals surface area contributed by atoms with Crippen molar-refractivity contribution in [1.82, 2.24) is 19.9 Å². The first kappa shape index (κ1) is 29.9. The molecule has 1 fully saturated rings. The summed E-state index contributed by atoms with van der Waals surface area (Å²) in [6, 6.07) is 19.0. The Morgan fingerprint density at radius 1 is 0.978 bits per heavy atom. The molecule has 0 spiro atoms. The van der Waals surface area contributed by atoms with Gasteiger partial charge in [-0.15, -0.1) is 0 Å². The average molecular weight is 613 g/mol. The van der Waals surface area contributed by atoms with Gasteiger partial charge in [0.25, 0.3) is 5.91 Å². The second-order valence-electron chi connectivity index (χ2n) is 10.9. The Balaban J connectivity index is 1.19. The molecule has 9 nitrogen and oxygen atoms in total. The van der Waals surface area contributed by atoms with Gasteiger partial charge in [0, 0.05) is 43.3 Å². The SMILES string of the molecule is COCCn1c(Cc2cc(F)c(-c3cccc(OCc4ccc(C(=O)NC5CC5)cc4)n3)cc2F)nc2ccc(C(=O)O)cc21. The summed E-state index contributed by atoms with van der Waals surface area (Å²) in [6.45, 7) is 0.845. The Hall–Kier alpha value is -5.16. The standard InChI is InChI=1S/C34H30F2N4O5/c1-44-14-13-40-30-16-22(34(42)43)9-12-29(30)38-31(40)17-23-15-27(36)25(18-26(23)35)28-3-2-4-32(39-28)45-19-20-5-7-21(8-6-20)33(41)37-24-10-11-24/h2-9,12,15-16,18,24H,10-11,13-14,17,19H2,1H3,(H,37,41)(H,42,43). The Morgan fingerprint density at radius 3 is 2.49 bits per heavy atom. The molecule has 2 aromatic heterocycles. The number of nitrogens with zero attached hydrogens (tertiary/aromatic N) is 3. The summed E-state index contributed by atoms with van der Waals surface area (Å²) in [6.07, 6.45) is 2.00. The molecule has 0 aliphatic heterocycles. The molecule has 1 saturated carbocycles. The lowest BCUT2D eigenvalue weighted by molar-refractivity contribution is 0.0696. The maximum absolute atomic E-state index is 15.4. The zero-order chi connectivity index (χ0) is 31.5. The molecule has 6 rings (SSSR count). The smallest absolute Gasteiger partial charge is 0.335 e. The molecule has 2 N–H and O–H groups in total. The topological polar surface area (TPSA) is 116 Å². The number of fused-ring (bicyclic) bond motifs is 1. The first-order valence-corrected chi connectivity index (χ1v) is 14.5. The number of carboxylic acid groups (broad SMARTS) is 1. The molecule has 1 aliphatic rings. The number of methoxy groups -OCH3 is 1. The van der Waals surface area contributed by atoms with Crippen molar-refractivity contribution in [3.05, 3.63) is 113 Å². The van der Waals surface area contributed by atoms with Crippen LogP contribution in [-0.2, 0) is 24.3 Å². The summed E-state index contributed by atoms with van der Waals surface area (Å²) in [5.74, 6) is -1.79. The quantitative estimate of drug-likeness (QED) is 0.183. The maximum atomic E-state index is 15.4. The molecule has 0 atom stereocenters. The van der Waals surface area contributed by atoms with Crippen molar-refractivity contribution in [2.24, 2.45) is 0 Å². The number of carbonyl (C=O) groups excluding carboxylic acids is 1. The van der Waals surface area contributed by atoms with Gasteiger partial charge in [-0.1, -0.05) is 18.2 Å². The summed E-state index contributed by atoms with van der Waals surface area (Å²) >= 11 is 0. The number of rotatable bonds is 12. The number of hydrogen-bond donors (Lipinski definition) is 2. The van der Waals surface area contributed by atoms with Crippen LogP contribution >= 0.6 is 0 Å². The molecule has 3 aromatic carbocycles. The van der Waals surface area contributed by atoms with Crippen LogP contribution in [0.5, 0.6) is 5.88 Å². The second-order valence-corrected chi connectivity index (χ2v) is 10.9. The highest BCUT2D eigenvalue weighted by molar-refractivity contribution is 5.94. The highest BCUT2D eigenvalue weighted by Crippen LogP contribution is 2.28. The highest BCUT2D eigenvalue weighted by Gasteiger charge is 2.24. The number of nitrogens with one attached hydrogen (secondary N) is 1. The van der Waals surface area contributed by atoms with E-state index in [1.54, 1.807) is 53.1 Å². The fourth-order valence-electron chi connectivity index (χ4n) is 5.01. The minimum atomic E-state index is -1.08. The van der Waals surface area contributed by atoms with Gasteiger partial charge in [-0.05, 0) is 72.5 Å². The molecule has 0 radical (unpaired) electrons. The number of carbonyl (C=O) groups is 2. The summed E-state index contributed by atoms with van der Waals surface area (Å²) in [4.78, 5) is 32.7. The van der Waals surface area contributed by atoms with E-state index < -0.39 is 17.6 Å². The van der Waals surface area contributed by atoms with Crippen molar-refractivity contribution >= 4 is 22.9 Å². The van der Waals surface area contributed by atoms with Gasteiger partial charge in [0.2, 0.25) is 5.88 Å². The number of benzene rings is 3. The van der Waals surface area contributed by atoms with Crippen LogP contribution in [0.1, 0.15) is 50.5 Å². The molecular formula is C34H30F2N4O5. The normalized spacial score (nSPS) is 12.8. The van der Waals surface area contributed by atoms with Crippen LogP contribution in [0.4, 0.5) is 8.78 Å². The largest absolute Gasteiger partial charge is 0.478 e. The van der Waals surface area contributed by atoms with Gasteiger partial charge < -0.3 is 24.5 Å². The van der Waals surface area contributed by atoms with Crippen LogP contribution in [0.3, 0.4) is 0 Å². The van der Waals surface area contributed by atoms with Gasteiger partial charge in [0.15, 0.2) is 0 Å².